The third kappa shape index (κ3) is 5.88. The van der Waals surface area contributed by atoms with Crippen molar-refractivity contribution in [3.05, 3.63) is 52.1 Å². The summed E-state index contributed by atoms with van der Waals surface area (Å²) in [5, 5.41) is 5.87. The highest BCUT2D eigenvalue weighted by Gasteiger charge is 2.51. The predicted octanol–water partition coefficient (Wildman–Crippen LogP) is 7.26. The van der Waals surface area contributed by atoms with Gasteiger partial charge in [-0.2, -0.15) is 14.6 Å². The monoisotopic (exact) mass is 809 g/mol. The summed E-state index contributed by atoms with van der Waals surface area (Å²) < 4.78 is 61.1. The molecule has 56 heavy (non-hydrogen) atoms. The number of ether oxygens (including phenoxy) is 2. The molecule has 2 N–H and O–H groups in total. The Hall–Kier alpha value is -4.25. The molecule has 3 aromatic heterocycles. The summed E-state index contributed by atoms with van der Waals surface area (Å²) >= 11 is 8.10. The highest BCUT2D eigenvalue weighted by atomic mass is 35.5. The lowest BCUT2D eigenvalue weighted by atomic mass is 9.95. The number of fused-ring (bicyclic) bond motifs is 3. The van der Waals surface area contributed by atoms with Gasteiger partial charge >= 0.3 is 12.0 Å². The topological polar surface area (TPSA) is 128 Å². The Morgan fingerprint density at radius 3 is 2.77 bits per heavy atom. The van der Waals surface area contributed by atoms with Gasteiger partial charge in [-0.1, -0.05) is 31.5 Å². The molecular weight excluding hydrogens is 767 g/mol. The molecule has 7 heterocycles. The van der Waals surface area contributed by atoms with E-state index >= 15 is 8.78 Å². The number of carbonyl (C=O) groups is 1. The average molecular weight is 810 g/mol. The first-order chi connectivity index (χ1) is 26.8. The van der Waals surface area contributed by atoms with Crippen molar-refractivity contribution >= 4 is 60.8 Å². The Morgan fingerprint density at radius 1 is 1.16 bits per heavy atom. The molecule has 4 aliphatic heterocycles. The number of halogens is 4. The number of alkyl halides is 1. The Labute approximate surface area is 330 Å². The lowest BCUT2D eigenvalue weighted by molar-refractivity contribution is -0.0355. The van der Waals surface area contributed by atoms with E-state index in [4.69, 9.17) is 31.8 Å². The number of hydrogen-bond donors (Lipinski definition) is 1. The number of aromatic nitrogens is 5. The first-order valence-corrected chi connectivity index (χ1v) is 20.3. The second kappa shape index (κ2) is 13.7. The molecule has 17 heteroatoms. The van der Waals surface area contributed by atoms with Gasteiger partial charge in [0.15, 0.2) is 11.6 Å². The van der Waals surface area contributed by atoms with E-state index in [1.165, 1.54) is 16.8 Å². The van der Waals surface area contributed by atoms with Crippen molar-refractivity contribution in [1.29, 1.82) is 0 Å². The van der Waals surface area contributed by atoms with Crippen molar-refractivity contribution in [2.75, 3.05) is 63.2 Å². The molecular formula is C39H43ClF3N9O3S. The summed E-state index contributed by atoms with van der Waals surface area (Å²) in [6, 6.07) is 4.08. The van der Waals surface area contributed by atoms with Crippen molar-refractivity contribution in [3.63, 3.8) is 0 Å². The van der Waals surface area contributed by atoms with Gasteiger partial charge in [0, 0.05) is 54.9 Å². The summed E-state index contributed by atoms with van der Waals surface area (Å²) in [7, 11) is 0. The van der Waals surface area contributed by atoms with Gasteiger partial charge in [-0.15, -0.1) is 16.4 Å². The third-order valence-electron chi connectivity index (χ3n) is 12.2. The lowest BCUT2D eigenvalue weighted by Crippen LogP contribution is -2.61. The van der Waals surface area contributed by atoms with Crippen molar-refractivity contribution in [2.24, 2.45) is 0 Å². The molecule has 4 fully saturated rings. The van der Waals surface area contributed by atoms with E-state index in [0.29, 0.717) is 94.7 Å². The van der Waals surface area contributed by atoms with Crippen LogP contribution in [0.2, 0.25) is 5.02 Å². The van der Waals surface area contributed by atoms with E-state index in [-0.39, 0.29) is 47.3 Å². The summed E-state index contributed by atoms with van der Waals surface area (Å²) in [6.07, 6.45) is 1.61. The van der Waals surface area contributed by atoms with E-state index in [9.17, 15) is 9.18 Å². The largest absolute Gasteiger partial charge is 0.461 e. The van der Waals surface area contributed by atoms with Gasteiger partial charge in [0.2, 0.25) is 0 Å². The number of nitrogen functional groups attached to an aromatic ring is 1. The minimum atomic E-state index is -0.960. The number of nitrogens with two attached hydrogens (primary N) is 1. The zero-order valence-corrected chi connectivity index (χ0v) is 33.2. The number of carbonyl (C=O) groups excluding carboxylic acids is 1. The Bertz CT molecular complexity index is 2410. The van der Waals surface area contributed by atoms with Gasteiger partial charge < -0.3 is 25.0 Å². The highest BCUT2D eigenvalue weighted by Crippen LogP contribution is 2.47. The van der Waals surface area contributed by atoms with Gasteiger partial charge in [-0.25, -0.2) is 22.9 Å². The minimum absolute atomic E-state index is 0.0356. The molecule has 1 amide bonds. The fourth-order valence-electron chi connectivity index (χ4n) is 9.26. The van der Waals surface area contributed by atoms with E-state index in [0.717, 1.165) is 30.7 Å². The molecule has 3 atom stereocenters. The lowest BCUT2D eigenvalue weighted by Gasteiger charge is -2.44. The van der Waals surface area contributed by atoms with Gasteiger partial charge in [0.05, 0.1) is 39.0 Å². The maximum Gasteiger partial charge on any atom is 0.347 e. The van der Waals surface area contributed by atoms with Gasteiger partial charge in [-0.05, 0) is 62.9 Å². The maximum atomic E-state index is 17.3. The Balaban J connectivity index is 1.14. The van der Waals surface area contributed by atoms with Crippen LogP contribution >= 0.6 is 22.9 Å². The predicted molar refractivity (Wildman–Crippen MR) is 210 cm³/mol. The number of benzene rings is 2. The molecule has 5 aromatic rings. The van der Waals surface area contributed by atoms with Crippen molar-refractivity contribution in [1.82, 2.24) is 34.5 Å². The number of hydrogen-bond acceptors (Lipinski definition) is 11. The summed E-state index contributed by atoms with van der Waals surface area (Å²) in [4.78, 5) is 34.2. The fourth-order valence-corrected chi connectivity index (χ4v) is 10.6. The molecule has 1 unspecified atom stereocenters. The van der Waals surface area contributed by atoms with Crippen LogP contribution in [-0.2, 0) is 4.74 Å². The molecule has 1 spiro atoms. The van der Waals surface area contributed by atoms with E-state index in [1.807, 2.05) is 23.6 Å². The van der Waals surface area contributed by atoms with Crippen LogP contribution < -0.4 is 15.4 Å². The van der Waals surface area contributed by atoms with Crippen LogP contribution in [0.25, 0.3) is 32.1 Å². The quantitative estimate of drug-likeness (QED) is 0.187. The standard InChI is InChI=1S/C39H43ClF3N9O3S/c1-20(2)34-45-22(4)52(48-34)37(53)51-12-13-54-18-39(51)9-11-49(17-39)35-25-14-26(40)29(24-6-7-27(42)32-28(24)21(3)33(44)56-32)30(43)31(25)46-36(47-35)55-19-38-8-5-10-50(38)16-23(41)15-38/h6-7,14,20,23H,5,8-13,15-19,44H2,1-4H3/t23-,38+,39?/m1/s1. The number of nitrogens with zero attached hydrogens (tertiary/aromatic N) is 8. The van der Waals surface area contributed by atoms with Gasteiger partial charge in [0.1, 0.15) is 35.8 Å². The molecule has 9 rings (SSSR count). The second-order valence-corrected chi connectivity index (χ2v) is 17.5. The molecule has 0 radical (unpaired) electrons. The van der Waals surface area contributed by atoms with Crippen LogP contribution in [0.4, 0.5) is 28.8 Å². The Kier molecular flexibility index (Phi) is 9.13. The second-order valence-electron chi connectivity index (χ2n) is 16.0. The summed E-state index contributed by atoms with van der Waals surface area (Å²) in [5.74, 6) is 0.321. The normalized spacial score (nSPS) is 24.1. The van der Waals surface area contributed by atoms with E-state index in [1.54, 1.807) is 19.9 Å². The Morgan fingerprint density at radius 2 is 1.98 bits per heavy atom. The van der Waals surface area contributed by atoms with E-state index in [2.05, 4.69) is 20.0 Å². The first kappa shape index (κ1) is 37.3. The summed E-state index contributed by atoms with van der Waals surface area (Å²) in [5.41, 5.74) is 6.01. The van der Waals surface area contributed by atoms with Crippen molar-refractivity contribution in [3.8, 4) is 17.1 Å². The van der Waals surface area contributed by atoms with Crippen LogP contribution in [0, 0.1) is 25.5 Å². The molecule has 0 bridgehead atoms. The molecule has 0 saturated carbocycles. The molecule has 4 aliphatic rings. The smallest absolute Gasteiger partial charge is 0.347 e. The number of thiophene rings is 1. The maximum absolute atomic E-state index is 17.3. The highest BCUT2D eigenvalue weighted by molar-refractivity contribution is 7.23. The molecule has 0 aliphatic carbocycles. The van der Waals surface area contributed by atoms with Crippen LogP contribution in [0.3, 0.4) is 0 Å². The third-order valence-corrected chi connectivity index (χ3v) is 13.6. The first-order valence-electron chi connectivity index (χ1n) is 19.1. The molecule has 296 valence electrons. The van der Waals surface area contributed by atoms with Crippen LogP contribution in [0.5, 0.6) is 6.01 Å². The van der Waals surface area contributed by atoms with Crippen LogP contribution in [0.1, 0.15) is 62.7 Å². The zero-order valence-electron chi connectivity index (χ0n) is 31.7. The number of amides is 1. The minimum Gasteiger partial charge on any atom is -0.461 e. The average Bonchev–Trinajstić information content (AvgIpc) is 3.98. The van der Waals surface area contributed by atoms with Gasteiger partial charge in [0.25, 0.3) is 0 Å². The van der Waals surface area contributed by atoms with Crippen molar-refractivity contribution < 1.29 is 27.4 Å². The molecule has 12 nitrogen and oxygen atoms in total. The number of morpholine rings is 1. The number of rotatable bonds is 6. The SMILES string of the molecule is Cc1c(N)sc2c(F)ccc(-c3c(Cl)cc4c(N5CCC6(COCCN6C(=O)n6nc(C(C)C)nc6C)C5)nc(OC[C@@]56CCCN5C[C@H](F)C6)nc4c3F)c12. The summed E-state index contributed by atoms with van der Waals surface area (Å²) in [6.45, 7) is 10.5. The van der Waals surface area contributed by atoms with Crippen LogP contribution in [0.15, 0.2) is 18.2 Å². The van der Waals surface area contributed by atoms with Crippen LogP contribution in [-0.4, -0.2) is 110 Å². The number of anilines is 2. The fraction of sp³-hybridized carbons (Fsp3) is 0.513. The van der Waals surface area contributed by atoms with E-state index < -0.39 is 28.9 Å². The zero-order chi connectivity index (χ0) is 39.3. The number of aryl methyl sites for hydroxylation is 2. The molecule has 4 saturated heterocycles. The van der Waals surface area contributed by atoms with Crippen molar-refractivity contribution in [2.45, 2.75) is 76.5 Å². The molecule has 2 aromatic carbocycles. The van der Waals surface area contributed by atoms with Gasteiger partial charge in [-0.3, -0.25) is 4.90 Å².